The van der Waals surface area contributed by atoms with Crippen LogP contribution in [0, 0.1) is 0 Å². The fourth-order valence-corrected chi connectivity index (χ4v) is 3.52. The Bertz CT molecular complexity index is 1020. The monoisotopic (exact) mass is 408 g/mol. The summed E-state index contributed by atoms with van der Waals surface area (Å²) in [5.41, 5.74) is 0.910. The topological polar surface area (TPSA) is 75.2 Å². The van der Waals surface area contributed by atoms with E-state index in [4.69, 9.17) is 13.9 Å². The van der Waals surface area contributed by atoms with Crippen molar-refractivity contribution in [3.63, 3.8) is 0 Å². The van der Waals surface area contributed by atoms with Gasteiger partial charge in [0.2, 0.25) is 0 Å². The second kappa shape index (κ2) is 9.29. The van der Waals surface area contributed by atoms with Gasteiger partial charge in [0.1, 0.15) is 17.3 Å². The molecule has 29 heavy (non-hydrogen) atoms. The highest BCUT2D eigenvalue weighted by molar-refractivity contribution is 7.99. The quantitative estimate of drug-likeness (QED) is 0.304. The van der Waals surface area contributed by atoms with Crippen molar-refractivity contribution in [2.45, 2.75) is 11.7 Å². The molecule has 0 aliphatic carbocycles. The first-order valence-corrected chi connectivity index (χ1v) is 10.1. The van der Waals surface area contributed by atoms with E-state index in [9.17, 15) is 0 Å². The van der Waals surface area contributed by atoms with Crippen molar-refractivity contribution in [3.05, 3.63) is 72.9 Å². The Kier molecular flexibility index (Phi) is 6.11. The molecule has 148 valence electrons. The Morgan fingerprint density at radius 2 is 1.90 bits per heavy atom. The van der Waals surface area contributed by atoms with Crippen molar-refractivity contribution < 1.29 is 13.9 Å². The van der Waals surface area contributed by atoms with E-state index >= 15 is 0 Å². The summed E-state index contributed by atoms with van der Waals surface area (Å²) in [6.45, 7) is 1.10. The van der Waals surface area contributed by atoms with Crippen LogP contribution in [0.5, 0.6) is 11.5 Å². The number of pyridine rings is 1. The number of thioether (sulfide) groups is 1. The molecule has 0 N–H and O–H groups in total. The van der Waals surface area contributed by atoms with E-state index < -0.39 is 0 Å². The number of hydrogen-bond acceptors (Lipinski definition) is 7. The molecule has 1 aromatic carbocycles. The summed E-state index contributed by atoms with van der Waals surface area (Å²) in [6, 6.07) is 15.2. The molecule has 0 saturated heterocycles. The normalized spacial score (nSPS) is 10.8. The molecular formula is C21H20N4O3S. The zero-order valence-electron chi connectivity index (χ0n) is 15.9. The number of methoxy groups -OCH3 is 1. The molecule has 3 aromatic heterocycles. The van der Waals surface area contributed by atoms with E-state index in [1.54, 1.807) is 37.5 Å². The first-order chi connectivity index (χ1) is 14.3. The molecule has 4 aromatic rings. The third-order valence-electron chi connectivity index (χ3n) is 4.17. The first-order valence-electron chi connectivity index (χ1n) is 9.09. The van der Waals surface area contributed by atoms with Crippen LogP contribution in [-0.4, -0.2) is 39.2 Å². The van der Waals surface area contributed by atoms with E-state index in [-0.39, 0.29) is 0 Å². The summed E-state index contributed by atoms with van der Waals surface area (Å²) in [6.07, 6.45) is 5.19. The van der Waals surface area contributed by atoms with Crippen LogP contribution < -0.4 is 9.47 Å². The van der Waals surface area contributed by atoms with Gasteiger partial charge in [-0.15, -0.1) is 10.2 Å². The van der Waals surface area contributed by atoms with E-state index in [1.165, 1.54) is 0 Å². The maximum Gasteiger partial charge on any atom is 0.192 e. The lowest BCUT2D eigenvalue weighted by molar-refractivity contribution is 0.342. The van der Waals surface area contributed by atoms with Gasteiger partial charge in [0, 0.05) is 23.7 Å². The minimum Gasteiger partial charge on any atom is -0.497 e. The van der Waals surface area contributed by atoms with Gasteiger partial charge in [0.05, 0.1) is 26.5 Å². The van der Waals surface area contributed by atoms with E-state index in [2.05, 4.69) is 15.2 Å². The van der Waals surface area contributed by atoms with Gasteiger partial charge in [-0.1, -0.05) is 11.8 Å². The highest BCUT2D eigenvalue weighted by Gasteiger charge is 2.16. The predicted octanol–water partition coefficient (Wildman–Crippen LogP) is 4.16. The fourth-order valence-electron chi connectivity index (χ4n) is 2.77. The lowest BCUT2D eigenvalue weighted by atomic mass is 10.2. The molecule has 0 aliphatic heterocycles. The summed E-state index contributed by atoms with van der Waals surface area (Å²) in [5, 5.41) is 9.56. The maximum absolute atomic E-state index is 5.80. The number of furan rings is 1. The molecule has 8 heteroatoms. The summed E-state index contributed by atoms with van der Waals surface area (Å²) in [4.78, 5) is 4.19. The Morgan fingerprint density at radius 3 is 2.62 bits per heavy atom. The molecule has 0 radical (unpaired) electrons. The SMILES string of the molecule is COc1ccc(OCCSc2nnc(-c3cccnc3)n2Cc2ccco2)cc1. The van der Waals surface area contributed by atoms with Crippen molar-refractivity contribution in [1.29, 1.82) is 0 Å². The molecule has 0 atom stereocenters. The zero-order valence-corrected chi connectivity index (χ0v) is 16.7. The van der Waals surface area contributed by atoms with E-state index in [0.717, 1.165) is 39.6 Å². The highest BCUT2D eigenvalue weighted by atomic mass is 32.2. The largest absolute Gasteiger partial charge is 0.497 e. The number of benzene rings is 1. The van der Waals surface area contributed by atoms with Gasteiger partial charge in [0.25, 0.3) is 0 Å². The summed E-state index contributed by atoms with van der Waals surface area (Å²) >= 11 is 1.59. The third kappa shape index (κ3) is 4.78. The number of ether oxygens (including phenoxy) is 2. The third-order valence-corrected chi connectivity index (χ3v) is 5.10. The van der Waals surface area contributed by atoms with E-state index in [0.29, 0.717) is 13.2 Å². The van der Waals surface area contributed by atoms with Crippen LogP contribution in [0.25, 0.3) is 11.4 Å². The molecule has 0 amide bonds. The molecule has 4 rings (SSSR count). The predicted molar refractivity (Wildman–Crippen MR) is 110 cm³/mol. The average molecular weight is 408 g/mol. The molecular weight excluding hydrogens is 388 g/mol. The summed E-state index contributed by atoms with van der Waals surface area (Å²) in [7, 11) is 1.64. The zero-order chi connectivity index (χ0) is 19.9. The van der Waals surface area contributed by atoms with Gasteiger partial charge in [-0.3, -0.25) is 9.55 Å². The molecule has 0 spiro atoms. The number of hydrogen-bond donors (Lipinski definition) is 0. The van der Waals surface area contributed by atoms with Gasteiger partial charge in [-0.05, 0) is 48.5 Å². The maximum atomic E-state index is 5.80. The van der Waals surface area contributed by atoms with Gasteiger partial charge in [-0.2, -0.15) is 0 Å². The lowest BCUT2D eigenvalue weighted by Gasteiger charge is -2.09. The van der Waals surface area contributed by atoms with Crippen molar-refractivity contribution in [2.75, 3.05) is 19.5 Å². The standard InChI is InChI=1S/C21H20N4O3S/c1-26-17-6-8-18(9-7-17)28-12-13-29-21-24-23-20(16-4-2-10-22-14-16)25(21)15-19-5-3-11-27-19/h2-11,14H,12-13,15H2,1H3. The molecule has 0 unspecified atom stereocenters. The van der Waals surface area contributed by atoms with Crippen LogP contribution >= 0.6 is 11.8 Å². The Balaban J connectivity index is 1.44. The van der Waals surface area contributed by atoms with Crippen LogP contribution in [0.1, 0.15) is 5.76 Å². The van der Waals surface area contributed by atoms with Crippen LogP contribution in [-0.2, 0) is 6.54 Å². The molecule has 0 bridgehead atoms. The second-order valence-electron chi connectivity index (χ2n) is 6.09. The Hall–Kier alpha value is -3.26. The minimum absolute atomic E-state index is 0.548. The molecule has 7 nitrogen and oxygen atoms in total. The Labute approximate surface area is 172 Å². The molecule has 0 saturated carbocycles. The highest BCUT2D eigenvalue weighted by Crippen LogP contribution is 2.25. The van der Waals surface area contributed by atoms with Crippen LogP contribution in [0.15, 0.2) is 76.8 Å². The van der Waals surface area contributed by atoms with Crippen molar-refractivity contribution in [1.82, 2.24) is 19.7 Å². The first kappa shape index (κ1) is 19.1. The number of rotatable bonds is 9. The fraction of sp³-hybridized carbons (Fsp3) is 0.190. The van der Waals surface area contributed by atoms with Crippen molar-refractivity contribution >= 4 is 11.8 Å². The summed E-state index contributed by atoms with van der Waals surface area (Å²) in [5.74, 6) is 3.94. The van der Waals surface area contributed by atoms with Gasteiger partial charge >= 0.3 is 0 Å². The molecule has 0 fully saturated rings. The smallest absolute Gasteiger partial charge is 0.192 e. The van der Waals surface area contributed by atoms with Gasteiger partial charge in [0.15, 0.2) is 11.0 Å². The lowest BCUT2D eigenvalue weighted by Crippen LogP contribution is -2.05. The molecule has 3 heterocycles. The number of aromatic nitrogens is 4. The second-order valence-corrected chi connectivity index (χ2v) is 7.15. The van der Waals surface area contributed by atoms with Gasteiger partial charge < -0.3 is 13.9 Å². The molecule has 0 aliphatic rings. The van der Waals surface area contributed by atoms with Crippen LogP contribution in [0.2, 0.25) is 0 Å². The van der Waals surface area contributed by atoms with Crippen molar-refractivity contribution in [2.24, 2.45) is 0 Å². The van der Waals surface area contributed by atoms with Crippen LogP contribution in [0.4, 0.5) is 0 Å². The van der Waals surface area contributed by atoms with Crippen molar-refractivity contribution in [3.8, 4) is 22.9 Å². The Morgan fingerprint density at radius 1 is 1.03 bits per heavy atom. The minimum atomic E-state index is 0.548. The van der Waals surface area contributed by atoms with Crippen LogP contribution in [0.3, 0.4) is 0 Å². The van der Waals surface area contributed by atoms with E-state index in [1.807, 2.05) is 53.1 Å². The average Bonchev–Trinajstić information content (AvgIpc) is 3.43. The summed E-state index contributed by atoms with van der Waals surface area (Å²) < 4.78 is 18.5. The number of nitrogens with zero attached hydrogens (tertiary/aromatic N) is 4. The van der Waals surface area contributed by atoms with Gasteiger partial charge in [-0.25, -0.2) is 0 Å².